The maximum absolute atomic E-state index is 13.8. The summed E-state index contributed by atoms with van der Waals surface area (Å²) < 4.78 is 13.8. The minimum Gasteiger partial charge on any atom is -0.294 e. The van der Waals surface area contributed by atoms with Crippen LogP contribution in [0.5, 0.6) is 0 Å². The Morgan fingerprint density at radius 1 is 1.14 bits per heavy atom. The van der Waals surface area contributed by atoms with Gasteiger partial charge in [-0.05, 0) is 42.7 Å². The highest BCUT2D eigenvalue weighted by Gasteiger charge is 2.41. The van der Waals surface area contributed by atoms with Gasteiger partial charge in [-0.2, -0.15) is 0 Å². The number of rotatable bonds is 3. The summed E-state index contributed by atoms with van der Waals surface area (Å²) in [5.74, 6) is -1.51. The number of nitrogens with zero attached hydrogens (tertiary/aromatic N) is 2. The van der Waals surface area contributed by atoms with Crippen LogP contribution in [0.3, 0.4) is 0 Å². The molecule has 0 radical (unpaired) electrons. The zero-order chi connectivity index (χ0) is 20.7. The Balaban J connectivity index is 1.91. The minimum atomic E-state index is -0.599. The molecule has 0 spiro atoms. The van der Waals surface area contributed by atoms with Crippen molar-refractivity contribution < 1.29 is 18.9 Å². The summed E-state index contributed by atoms with van der Waals surface area (Å²) in [6.45, 7) is 0. The summed E-state index contributed by atoms with van der Waals surface area (Å²) in [5.41, 5.74) is 1.22. The number of carbonyl (C=O) groups excluding carboxylic acids is 2. The predicted octanol–water partition coefficient (Wildman–Crippen LogP) is 4.91. The molecule has 0 saturated heterocycles. The Morgan fingerprint density at radius 2 is 1.93 bits per heavy atom. The van der Waals surface area contributed by atoms with Crippen LogP contribution in [0, 0.1) is 15.9 Å². The molecule has 6 nitrogen and oxygen atoms in total. The molecule has 1 atom stereocenters. The molecule has 0 bridgehead atoms. The normalized spacial score (nSPS) is 19.4. The molecule has 2 aliphatic rings. The van der Waals surface area contributed by atoms with Gasteiger partial charge in [0.2, 0.25) is 5.91 Å². The first-order valence-corrected chi connectivity index (χ1v) is 9.53. The van der Waals surface area contributed by atoms with Crippen LogP contribution < -0.4 is 4.90 Å². The maximum atomic E-state index is 13.8. The average Bonchev–Trinajstić information content (AvgIpc) is 2.68. The van der Waals surface area contributed by atoms with Crippen LogP contribution in [-0.4, -0.2) is 16.6 Å². The number of halogens is 2. The van der Waals surface area contributed by atoms with Crippen molar-refractivity contribution in [2.45, 2.75) is 31.6 Å². The van der Waals surface area contributed by atoms with E-state index in [0.717, 1.165) is 0 Å². The van der Waals surface area contributed by atoms with Gasteiger partial charge in [0.05, 0.1) is 4.92 Å². The van der Waals surface area contributed by atoms with Crippen molar-refractivity contribution in [1.82, 2.24) is 0 Å². The number of ketones is 1. The summed E-state index contributed by atoms with van der Waals surface area (Å²) in [7, 11) is 0. The van der Waals surface area contributed by atoms with Crippen molar-refractivity contribution in [3.05, 3.63) is 80.3 Å². The Hall–Kier alpha value is -3.06. The summed E-state index contributed by atoms with van der Waals surface area (Å²) >= 11 is 5.91. The third kappa shape index (κ3) is 3.42. The Bertz CT molecular complexity index is 1080. The second kappa shape index (κ2) is 7.40. The number of nitro benzene ring substituents is 1. The first kappa shape index (κ1) is 19.3. The predicted molar refractivity (Wildman–Crippen MR) is 105 cm³/mol. The van der Waals surface area contributed by atoms with E-state index >= 15 is 0 Å². The highest BCUT2D eigenvalue weighted by atomic mass is 35.5. The standard InChI is InChI=1S/C21H16ClFN2O4/c22-13-7-8-16(18(10-13)25(28)29)24-17-5-2-6-19(26)21(17)15(11-20(24)27)12-3-1-4-14(23)9-12/h1,3-4,7-10,15H,2,5-6,11H2. The topological polar surface area (TPSA) is 80.5 Å². The number of allylic oxidation sites excluding steroid dienone is 2. The lowest BCUT2D eigenvalue weighted by atomic mass is 9.77. The molecule has 0 saturated carbocycles. The molecule has 1 heterocycles. The minimum absolute atomic E-state index is 0.0756. The number of Topliss-reactive ketones (excluding diaryl/α,β-unsaturated/α-hetero) is 1. The lowest BCUT2D eigenvalue weighted by Crippen LogP contribution is -2.40. The third-order valence-electron chi connectivity index (χ3n) is 5.30. The number of carbonyl (C=O) groups is 2. The van der Waals surface area contributed by atoms with Gasteiger partial charge in [-0.3, -0.25) is 24.6 Å². The van der Waals surface area contributed by atoms with E-state index in [2.05, 4.69) is 0 Å². The van der Waals surface area contributed by atoms with Gasteiger partial charge in [0.15, 0.2) is 5.78 Å². The molecule has 148 valence electrons. The summed E-state index contributed by atoms with van der Waals surface area (Å²) in [4.78, 5) is 38.2. The lowest BCUT2D eigenvalue weighted by molar-refractivity contribution is -0.384. The summed E-state index contributed by atoms with van der Waals surface area (Å²) in [6, 6.07) is 9.94. The fraction of sp³-hybridized carbons (Fsp3) is 0.238. The number of amides is 1. The first-order valence-electron chi connectivity index (χ1n) is 9.15. The van der Waals surface area contributed by atoms with Gasteiger partial charge in [0.25, 0.3) is 5.69 Å². The maximum Gasteiger partial charge on any atom is 0.294 e. The Kier molecular flexibility index (Phi) is 4.92. The molecule has 1 unspecified atom stereocenters. The van der Waals surface area contributed by atoms with Gasteiger partial charge in [0, 0.05) is 41.1 Å². The molecule has 1 aliphatic carbocycles. The summed E-state index contributed by atoms with van der Waals surface area (Å²) in [5, 5.41) is 11.7. The monoisotopic (exact) mass is 414 g/mol. The van der Waals surface area contributed by atoms with Crippen LogP contribution in [-0.2, 0) is 9.59 Å². The van der Waals surface area contributed by atoms with E-state index in [1.165, 1.54) is 35.2 Å². The zero-order valence-corrected chi connectivity index (χ0v) is 16.0. The van der Waals surface area contributed by atoms with Crippen molar-refractivity contribution in [3.63, 3.8) is 0 Å². The van der Waals surface area contributed by atoms with Crippen molar-refractivity contribution in [3.8, 4) is 0 Å². The van der Waals surface area contributed by atoms with Crippen LogP contribution in [0.1, 0.15) is 37.2 Å². The second-order valence-corrected chi connectivity index (χ2v) is 7.50. The summed E-state index contributed by atoms with van der Waals surface area (Å²) in [6.07, 6.45) is 1.22. The molecular weight excluding hydrogens is 399 g/mol. The van der Waals surface area contributed by atoms with E-state index in [9.17, 15) is 24.1 Å². The van der Waals surface area contributed by atoms with Gasteiger partial charge in [-0.25, -0.2) is 4.39 Å². The molecular formula is C21H16ClFN2O4. The highest BCUT2D eigenvalue weighted by Crippen LogP contribution is 2.45. The number of benzene rings is 2. The van der Waals surface area contributed by atoms with Crippen LogP contribution in [0.15, 0.2) is 53.7 Å². The van der Waals surface area contributed by atoms with Crippen LogP contribution in [0.4, 0.5) is 15.8 Å². The van der Waals surface area contributed by atoms with E-state index in [1.54, 1.807) is 12.1 Å². The molecule has 2 aromatic carbocycles. The molecule has 0 aromatic heterocycles. The van der Waals surface area contributed by atoms with Crippen LogP contribution >= 0.6 is 11.6 Å². The molecule has 1 amide bonds. The van der Waals surface area contributed by atoms with E-state index in [-0.39, 0.29) is 34.5 Å². The number of hydrogen-bond donors (Lipinski definition) is 0. The van der Waals surface area contributed by atoms with Crippen molar-refractivity contribution in [2.75, 3.05) is 4.90 Å². The SMILES string of the molecule is O=C1CCCC2=C1C(c1cccc(F)c1)CC(=O)N2c1ccc(Cl)cc1[N+](=O)[O-]. The fourth-order valence-electron chi connectivity index (χ4n) is 4.11. The van der Waals surface area contributed by atoms with Gasteiger partial charge >= 0.3 is 0 Å². The van der Waals surface area contributed by atoms with Gasteiger partial charge in [-0.1, -0.05) is 23.7 Å². The van der Waals surface area contributed by atoms with E-state index in [4.69, 9.17) is 11.6 Å². The van der Waals surface area contributed by atoms with Crippen LogP contribution in [0.2, 0.25) is 5.02 Å². The average molecular weight is 415 g/mol. The van der Waals surface area contributed by atoms with Gasteiger partial charge in [-0.15, -0.1) is 0 Å². The number of nitro groups is 1. The third-order valence-corrected chi connectivity index (χ3v) is 5.54. The highest BCUT2D eigenvalue weighted by molar-refractivity contribution is 6.31. The Morgan fingerprint density at radius 3 is 2.66 bits per heavy atom. The van der Waals surface area contributed by atoms with Gasteiger partial charge in [0.1, 0.15) is 11.5 Å². The molecule has 8 heteroatoms. The smallest absolute Gasteiger partial charge is 0.294 e. The first-order chi connectivity index (χ1) is 13.9. The molecule has 0 fully saturated rings. The largest absolute Gasteiger partial charge is 0.294 e. The molecule has 4 rings (SSSR count). The second-order valence-electron chi connectivity index (χ2n) is 7.07. The number of hydrogen-bond acceptors (Lipinski definition) is 4. The fourth-order valence-corrected chi connectivity index (χ4v) is 4.28. The van der Waals surface area contributed by atoms with Crippen molar-refractivity contribution >= 4 is 34.7 Å². The molecule has 29 heavy (non-hydrogen) atoms. The van der Waals surface area contributed by atoms with Crippen molar-refractivity contribution in [2.24, 2.45) is 0 Å². The molecule has 2 aromatic rings. The van der Waals surface area contributed by atoms with E-state index in [0.29, 0.717) is 36.1 Å². The van der Waals surface area contributed by atoms with Crippen molar-refractivity contribution in [1.29, 1.82) is 0 Å². The van der Waals surface area contributed by atoms with Gasteiger partial charge < -0.3 is 0 Å². The van der Waals surface area contributed by atoms with Crippen LogP contribution in [0.25, 0.3) is 0 Å². The quantitative estimate of drug-likeness (QED) is 0.527. The lowest BCUT2D eigenvalue weighted by Gasteiger charge is -2.38. The zero-order valence-electron chi connectivity index (χ0n) is 15.2. The molecule has 1 aliphatic heterocycles. The Labute approximate surface area is 170 Å². The van der Waals surface area contributed by atoms with E-state index in [1.807, 2.05) is 0 Å². The molecule has 0 N–H and O–H groups in total. The number of anilines is 1. The van der Waals surface area contributed by atoms with E-state index < -0.39 is 16.7 Å².